The Morgan fingerprint density at radius 3 is 2.62 bits per heavy atom. The maximum absolute atomic E-state index is 12.4. The smallest absolute Gasteiger partial charge is 0.253 e. The van der Waals surface area contributed by atoms with Crippen LogP contribution in [0.2, 0.25) is 0 Å². The van der Waals surface area contributed by atoms with Gasteiger partial charge in [-0.1, -0.05) is 18.2 Å². The van der Waals surface area contributed by atoms with Crippen LogP contribution in [0.25, 0.3) is 0 Å². The van der Waals surface area contributed by atoms with Gasteiger partial charge in [0.25, 0.3) is 5.91 Å². The maximum atomic E-state index is 12.4. The van der Waals surface area contributed by atoms with Crippen LogP contribution in [0.4, 0.5) is 5.69 Å². The topological polar surface area (TPSA) is 67.7 Å². The van der Waals surface area contributed by atoms with E-state index in [4.69, 9.17) is 4.74 Å². The van der Waals surface area contributed by atoms with E-state index in [-0.39, 0.29) is 30.6 Å². The van der Waals surface area contributed by atoms with Gasteiger partial charge in [0, 0.05) is 31.2 Å². The number of para-hydroxylation sites is 1. The van der Waals surface area contributed by atoms with E-state index in [2.05, 4.69) is 5.10 Å². The molecule has 0 atom stereocenters. The molecule has 2 fully saturated rings. The molecule has 7 heteroatoms. The van der Waals surface area contributed by atoms with Crippen molar-refractivity contribution in [1.29, 1.82) is 0 Å². The number of rotatable bonds is 3. The van der Waals surface area contributed by atoms with Crippen molar-refractivity contribution in [2.24, 2.45) is 0 Å². The Bertz CT molecular complexity index is 767. The third kappa shape index (κ3) is 3.35. The van der Waals surface area contributed by atoms with Gasteiger partial charge < -0.3 is 14.5 Å². The lowest BCUT2D eigenvalue weighted by molar-refractivity contribution is -0.150. The van der Waals surface area contributed by atoms with Gasteiger partial charge in [0.15, 0.2) is 0 Å². The van der Waals surface area contributed by atoms with Crippen LogP contribution in [-0.2, 0) is 20.9 Å². The quantitative estimate of drug-likeness (QED) is 0.833. The molecular weight excluding hydrogens is 332 g/mol. The van der Waals surface area contributed by atoms with E-state index in [1.54, 1.807) is 17.1 Å². The van der Waals surface area contributed by atoms with Crippen molar-refractivity contribution in [1.82, 2.24) is 14.7 Å². The van der Waals surface area contributed by atoms with Crippen molar-refractivity contribution >= 4 is 17.5 Å². The van der Waals surface area contributed by atoms with Crippen LogP contribution in [0.5, 0.6) is 0 Å². The second-order valence-electron chi connectivity index (χ2n) is 6.87. The summed E-state index contributed by atoms with van der Waals surface area (Å²) in [5.41, 5.74) is 0.532. The number of hydrogen-bond donors (Lipinski definition) is 0. The van der Waals surface area contributed by atoms with Crippen molar-refractivity contribution in [2.75, 3.05) is 31.1 Å². The lowest BCUT2D eigenvalue weighted by Gasteiger charge is -2.47. The van der Waals surface area contributed by atoms with Crippen molar-refractivity contribution in [3.05, 3.63) is 48.8 Å². The Hall–Kier alpha value is -2.67. The third-order valence-electron chi connectivity index (χ3n) is 5.20. The van der Waals surface area contributed by atoms with Crippen molar-refractivity contribution < 1.29 is 14.3 Å². The van der Waals surface area contributed by atoms with Crippen molar-refractivity contribution in [2.45, 2.75) is 25.0 Å². The van der Waals surface area contributed by atoms with Crippen LogP contribution in [-0.4, -0.2) is 58.3 Å². The molecule has 2 amide bonds. The first-order valence-corrected chi connectivity index (χ1v) is 8.90. The van der Waals surface area contributed by atoms with E-state index in [1.807, 2.05) is 46.2 Å². The Balaban J connectivity index is 1.40. The molecule has 0 radical (unpaired) electrons. The molecule has 0 aliphatic carbocycles. The summed E-state index contributed by atoms with van der Waals surface area (Å²) >= 11 is 0. The summed E-state index contributed by atoms with van der Waals surface area (Å²) in [7, 11) is 0. The molecule has 1 aromatic carbocycles. The fraction of sp³-hybridized carbons (Fsp3) is 0.421. The van der Waals surface area contributed by atoms with Crippen LogP contribution in [0, 0.1) is 0 Å². The minimum absolute atomic E-state index is 0.0148. The first kappa shape index (κ1) is 16.8. The molecule has 1 spiro atoms. The number of anilines is 1. The molecule has 2 aliphatic rings. The van der Waals surface area contributed by atoms with Gasteiger partial charge in [0.05, 0.1) is 12.1 Å². The van der Waals surface area contributed by atoms with Crippen LogP contribution >= 0.6 is 0 Å². The average Bonchev–Trinajstić information content (AvgIpc) is 3.18. The van der Waals surface area contributed by atoms with Crippen LogP contribution in [0.3, 0.4) is 0 Å². The molecule has 7 nitrogen and oxygen atoms in total. The number of morpholine rings is 1. The van der Waals surface area contributed by atoms with Gasteiger partial charge in [0.2, 0.25) is 5.91 Å². The molecular formula is C19H22N4O3. The van der Waals surface area contributed by atoms with E-state index in [0.717, 1.165) is 18.5 Å². The van der Waals surface area contributed by atoms with Gasteiger partial charge in [-0.2, -0.15) is 5.10 Å². The van der Waals surface area contributed by atoms with Gasteiger partial charge in [-0.15, -0.1) is 0 Å². The lowest BCUT2D eigenvalue weighted by Crippen LogP contribution is -2.59. The van der Waals surface area contributed by atoms with Crippen molar-refractivity contribution in [3.63, 3.8) is 0 Å². The Morgan fingerprint density at radius 2 is 1.92 bits per heavy atom. The van der Waals surface area contributed by atoms with Gasteiger partial charge in [-0.05, 0) is 31.0 Å². The number of benzene rings is 1. The highest BCUT2D eigenvalue weighted by Gasteiger charge is 2.43. The number of amides is 2. The summed E-state index contributed by atoms with van der Waals surface area (Å²) in [4.78, 5) is 28.4. The number of carbonyl (C=O) groups is 2. The average molecular weight is 354 g/mol. The number of ether oxygens (including phenoxy) is 1. The summed E-state index contributed by atoms with van der Waals surface area (Å²) in [6.45, 7) is 2.16. The zero-order chi connectivity index (χ0) is 18.0. The number of aromatic nitrogens is 2. The number of carbonyl (C=O) groups excluding carboxylic acids is 2. The molecule has 0 N–H and O–H groups in total. The van der Waals surface area contributed by atoms with Crippen LogP contribution in [0.15, 0.2) is 48.8 Å². The molecule has 2 aliphatic heterocycles. The first-order valence-electron chi connectivity index (χ1n) is 8.90. The van der Waals surface area contributed by atoms with E-state index in [9.17, 15) is 9.59 Å². The Labute approximate surface area is 152 Å². The largest absolute Gasteiger partial charge is 0.363 e. The van der Waals surface area contributed by atoms with E-state index >= 15 is 0 Å². The molecule has 3 heterocycles. The maximum Gasteiger partial charge on any atom is 0.253 e. The summed E-state index contributed by atoms with van der Waals surface area (Å²) in [5, 5.41) is 4.09. The molecule has 0 bridgehead atoms. The number of hydrogen-bond acceptors (Lipinski definition) is 4. The summed E-state index contributed by atoms with van der Waals surface area (Å²) in [6, 6.07) is 11.5. The highest BCUT2D eigenvalue weighted by molar-refractivity contribution is 5.95. The normalized spacial score (nSPS) is 19.8. The number of nitrogens with zero attached hydrogens (tertiary/aromatic N) is 4. The van der Waals surface area contributed by atoms with Gasteiger partial charge >= 0.3 is 0 Å². The molecule has 4 rings (SSSR count). The number of likely N-dealkylation sites (tertiary alicyclic amines) is 1. The number of piperidine rings is 1. The molecule has 2 saturated heterocycles. The predicted octanol–water partition coefficient (Wildman–Crippen LogP) is 1.31. The van der Waals surface area contributed by atoms with Gasteiger partial charge in [0.1, 0.15) is 13.2 Å². The Morgan fingerprint density at radius 1 is 1.15 bits per heavy atom. The zero-order valence-electron chi connectivity index (χ0n) is 14.6. The molecule has 136 valence electrons. The van der Waals surface area contributed by atoms with Crippen LogP contribution in [0.1, 0.15) is 12.8 Å². The minimum Gasteiger partial charge on any atom is -0.363 e. The molecule has 26 heavy (non-hydrogen) atoms. The Kier molecular flexibility index (Phi) is 4.46. The second kappa shape index (κ2) is 6.92. The highest BCUT2D eigenvalue weighted by Crippen LogP contribution is 2.32. The van der Waals surface area contributed by atoms with E-state index in [0.29, 0.717) is 19.6 Å². The highest BCUT2D eigenvalue weighted by atomic mass is 16.5. The minimum atomic E-state index is -0.369. The first-order chi connectivity index (χ1) is 12.7. The summed E-state index contributed by atoms with van der Waals surface area (Å²) in [5.74, 6) is 0.0503. The molecule has 0 unspecified atom stereocenters. The van der Waals surface area contributed by atoms with E-state index < -0.39 is 0 Å². The molecule has 1 aromatic heterocycles. The van der Waals surface area contributed by atoms with Crippen molar-refractivity contribution in [3.8, 4) is 0 Å². The molecule has 2 aromatic rings. The summed E-state index contributed by atoms with van der Waals surface area (Å²) in [6.07, 6.45) is 4.92. The summed E-state index contributed by atoms with van der Waals surface area (Å²) < 4.78 is 7.60. The fourth-order valence-corrected chi connectivity index (χ4v) is 3.66. The predicted molar refractivity (Wildman–Crippen MR) is 95.5 cm³/mol. The second-order valence-corrected chi connectivity index (χ2v) is 6.87. The van der Waals surface area contributed by atoms with Gasteiger partial charge in [-0.3, -0.25) is 14.3 Å². The standard InChI is InChI=1S/C19H22N4O3/c24-17(13-22-10-4-9-20-22)21-11-7-19(8-12-21)15-23(18(25)14-26-19)16-5-2-1-3-6-16/h1-6,9-10H,7-8,11-15H2. The SMILES string of the molecule is O=C(Cn1cccn1)N1CCC2(CC1)CN(c1ccccc1)C(=O)CO2. The van der Waals surface area contributed by atoms with E-state index in [1.165, 1.54) is 0 Å². The lowest BCUT2D eigenvalue weighted by atomic mass is 9.89. The monoisotopic (exact) mass is 354 g/mol. The fourth-order valence-electron chi connectivity index (χ4n) is 3.66. The van der Waals surface area contributed by atoms with Gasteiger partial charge in [-0.25, -0.2) is 0 Å². The van der Waals surface area contributed by atoms with Crippen LogP contribution < -0.4 is 4.90 Å². The third-order valence-corrected chi connectivity index (χ3v) is 5.20. The molecule has 0 saturated carbocycles. The zero-order valence-corrected chi connectivity index (χ0v) is 14.6.